The number of hydrogen-bond donors (Lipinski definition) is 4. The molecule has 0 radical (unpaired) electrons. The number of carbonyl (C=O) groups excluding carboxylic acids is 1. The summed E-state index contributed by atoms with van der Waals surface area (Å²) >= 11 is 3.54. The Hall–Kier alpha value is -0.180. The van der Waals surface area contributed by atoms with E-state index in [4.69, 9.17) is 9.47 Å². The van der Waals surface area contributed by atoms with E-state index in [0.29, 0.717) is 12.3 Å². The van der Waals surface area contributed by atoms with Crippen molar-refractivity contribution in [2.45, 2.75) is 195 Å². The molecule has 0 aromatic carbocycles. The van der Waals surface area contributed by atoms with Crippen molar-refractivity contribution >= 4 is 17.7 Å². The van der Waals surface area contributed by atoms with Crippen LogP contribution in [-0.4, -0.2) is 57.7 Å². The van der Waals surface area contributed by atoms with Crippen LogP contribution < -0.4 is 0 Å². The van der Waals surface area contributed by atoms with Crippen molar-refractivity contribution in [2.75, 3.05) is 6.61 Å². The van der Waals surface area contributed by atoms with Crippen molar-refractivity contribution < 1.29 is 29.6 Å². The van der Waals surface area contributed by atoms with E-state index < -0.39 is 30.5 Å². The van der Waals surface area contributed by atoms with E-state index in [2.05, 4.69) is 47.2 Å². The summed E-state index contributed by atoms with van der Waals surface area (Å²) in [6.07, 6.45) is 19.6. The van der Waals surface area contributed by atoms with E-state index in [1.54, 1.807) is 6.92 Å². The molecule has 1 saturated heterocycles. The molecule has 0 aliphatic carbocycles. The lowest BCUT2D eigenvalue weighted by atomic mass is 9.90. The first-order chi connectivity index (χ1) is 20.5. The molecule has 0 bridgehead atoms. The smallest absolute Gasteiger partial charge is 0.185 e. The highest BCUT2D eigenvalue weighted by molar-refractivity contribution is 7.96. The summed E-state index contributed by atoms with van der Waals surface area (Å²) in [6.45, 7) is 14.8. The molecule has 0 aromatic heterocycles. The summed E-state index contributed by atoms with van der Waals surface area (Å²) in [5.74, 6) is 1.64. The zero-order chi connectivity index (χ0) is 32.6. The van der Waals surface area contributed by atoms with Crippen molar-refractivity contribution in [3.05, 3.63) is 0 Å². The summed E-state index contributed by atoms with van der Waals surface area (Å²) < 4.78 is 11.8. The van der Waals surface area contributed by atoms with Gasteiger partial charge < -0.3 is 24.8 Å². The van der Waals surface area contributed by atoms with Crippen molar-refractivity contribution in [3.63, 3.8) is 0 Å². The van der Waals surface area contributed by atoms with Crippen LogP contribution in [0.2, 0.25) is 0 Å². The maximum absolute atomic E-state index is 10.5. The Morgan fingerprint density at radius 3 is 1.53 bits per heavy atom. The number of aliphatic hydroxyl groups excluding tert-OH is 3. The molecule has 6 nitrogen and oxygen atoms in total. The molecule has 1 heterocycles. The zero-order valence-corrected chi connectivity index (χ0v) is 30.0. The van der Waals surface area contributed by atoms with Gasteiger partial charge >= 0.3 is 0 Å². The molecule has 3 N–H and O–H groups in total. The molecule has 0 spiro atoms. The molecule has 7 unspecified atom stereocenters. The SMILES string of the molecule is CC(C)C(C)CCCCCCCCCCCCCCCCC(OC1OC(CO)C(O)C(C)C1O)C(C)C.CCCC(=O)S. The minimum Gasteiger partial charge on any atom is -0.394 e. The lowest BCUT2D eigenvalue weighted by Crippen LogP contribution is -2.56. The van der Waals surface area contributed by atoms with Gasteiger partial charge in [0, 0.05) is 12.3 Å². The van der Waals surface area contributed by atoms with Gasteiger partial charge in [0.1, 0.15) is 12.2 Å². The van der Waals surface area contributed by atoms with E-state index >= 15 is 0 Å². The first-order valence-electron chi connectivity index (χ1n) is 18.0. The van der Waals surface area contributed by atoms with Gasteiger partial charge in [-0.2, -0.15) is 0 Å². The lowest BCUT2D eigenvalue weighted by Gasteiger charge is -2.42. The quantitative estimate of drug-likeness (QED) is 0.0627. The summed E-state index contributed by atoms with van der Waals surface area (Å²) in [6, 6.07) is 0. The highest BCUT2D eigenvalue weighted by Gasteiger charge is 2.43. The van der Waals surface area contributed by atoms with Gasteiger partial charge in [-0.3, -0.25) is 4.79 Å². The highest BCUT2D eigenvalue weighted by Crippen LogP contribution is 2.29. The van der Waals surface area contributed by atoms with Crippen LogP contribution in [0, 0.1) is 23.7 Å². The number of aliphatic hydroxyl groups is 3. The maximum Gasteiger partial charge on any atom is 0.185 e. The zero-order valence-electron chi connectivity index (χ0n) is 29.1. The van der Waals surface area contributed by atoms with Crippen LogP contribution in [0.5, 0.6) is 0 Å². The Morgan fingerprint density at radius 2 is 1.19 bits per heavy atom. The van der Waals surface area contributed by atoms with Crippen LogP contribution in [0.4, 0.5) is 0 Å². The Morgan fingerprint density at radius 1 is 0.744 bits per heavy atom. The fourth-order valence-electron chi connectivity index (χ4n) is 5.60. The van der Waals surface area contributed by atoms with Crippen LogP contribution in [-0.2, 0) is 14.3 Å². The van der Waals surface area contributed by atoms with E-state index in [-0.39, 0.29) is 17.8 Å². The van der Waals surface area contributed by atoms with Crippen LogP contribution in [0.25, 0.3) is 0 Å². The van der Waals surface area contributed by atoms with E-state index in [1.807, 2.05) is 6.92 Å². The molecule has 0 saturated carbocycles. The first kappa shape index (κ1) is 42.8. The normalized spacial score (nSPS) is 23.7. The third kappa shape index (κ3) is 21.3. The average molecular weight is 633 g/mol. The molecular weight excluding hydrogens is 560 g/mol. The lowest BCUT2D eigenvalue weighted by molar-refractivity contribution is -0.303. The maximum atomic E-state index is 10.5. The topological polar surface area (TPSA) is 96.2 Å². The predicted octanol–water partition coefficient (Wildman–Crippen LogP) is 8.88. The fourth-order valence-corrected chi connectivity index (χ4v) is 5.82. The Kier molecular flexibility index (Phi) is 26.9. The molecular formula is C36H72O6S. The average Bonchev–Trinajstić information content (AvgIpc) is 2.96. The van der Waals surface area contributed by atoms with Crippen molar-refractivity contribution in [2.24, 2.45) is 23.7 Å². The Balaban J connectivity index is 0.00000265. The number of thiol groups is 1. The van der Waals surface area contributed by atoms with Gasteiger partial charge in [-0.25, -0.2) is 0 Å². The Labute approximate surface area is 271 Å². The number of ether oxygens (including phenoxy) is 2. The summed E-state index contributed by atoms with van der Waals surface area (Å²) in [5.41, 5.74) is 0. The van der Waals surface area contributed by atoms with Crippen molar-refractivity contribution in [1.29, 1.82) is 0 Å². The van der Waals surface area contributed by atoms with Crippen LogP contribution in [0.1, 0.15) is 164 Å². The molecule has 43 heavy (non-hydrogen) atoms. The Bertz CT molecular complexity index is 643. The third-order valence-corrected chi connectivity index (χ3v) is 9.50. The van der Waals surface area contributed by atoms with Crippen LogP contribution in [0.15, 0.2) is 0 Å². The van der Waals surface area contributed by atoms with Gasteiger partial charge in [-0.1, -0.05) is 145 Å². The molecule has 1 fully saturated rings. The fraction of sp³-hybridized carbons (Fsp3) is 0.972. The first-order valence-corrected chi connectivity index (χ1v) is 18.4. The molecule has 7 heteroatoms. The molecule has 258 valence electrons. The van der Waals surface area contributed by atoms with Gasteiger partial charge in [0.25, 0.3) is 0 Å². The van der Waals surface area contributed by atoms with Crippen LogP contribution >= 0.6 is 12.6 Å². The standard InChI is InChI=1S/C32H64O5.C4H8OS/c1-24(2)26(5)21-19-17-15-13-11-9-7-8-10-12-14-16-18-20-22-28(25(3)4)36-32-31(35)27(6)30(34)29(23-33)37-32;1-2-3-4(5)6/h24-35H,7-23H2,1-6H3;2-3H2,1H3,(H,5,6). The van der Waals surface area contributed by atoms with E-state index in [1.165, 1.54) is 89.9 Å². The minimum absolute atomic E-state index is 0.00466. The second-order valence-electron chi connectivity index (χ2n) is 13.9. The second kappa shape index (κ2) is 27.0. The molecule has 0 aromatic rings. The largest absolute Gasteiger partial charge is 0.394 e. The van der Waals surface area contributed by atoms with Gasteiger partial charge in [0.2, 0.25) is 0 Å². The molecule has 1 aliphatic rings. The van der Waals surface area contributed by atoms with Gasteiger partial charge in [-0.05, 0) is 30.6 Å². The number of hydrogen-bond acceptors (Lipinski definition) is 6. The number of rotatable bonds is 24. The van der Waals surface area contributed by atoms with E-state index in [9.17, 15) is 20.1 Å². The highest BCUT2D eigenvalue weighted by atomic mass is 32.1. The summed E-state index contributed by atoms with van der Waals surface area (Å²) in [5, 5.41) is 30.1. The van der Waals surface area contributed by atoms with Crippen LogP contribution in [0.3, 0.4) is 0 Å². The van der Waals surface area contributed by atoms with E-state index in [0.717, 1.165) is 31.1 Å². The minimum atomic E-state index is -0.887. The molecule has 1 rings (SSSR count). The molecule has 0 amide bonds. The third-order valence-electron chi connectivity index (χ3n) is 9.28. The van der Waals surface area contributed by atoms with Crippen molar-refractivity contribution in [1.82, 2.24) is 0 Å². The second-order valence-corrected chi connectivity index (χ2v) is 14.4. The summed E-state index contributed by atoms with van der Waals surface area (Å²) in [7, 11) is 0. The number of unbranched alkanes of at least 4 members (excludes halogenated alkanes) is 13. The van der Waals surface area contributed by atoms with Gasteiger partial charge in [-0.15, -0.1) is 12.6 Å². The van der Waals surface area contributed by atoms with Gasteiger partial charge in [0.05, 0.1) is 18.8 Å². The van der Waals surface area contributed by atoms with Gasteiger partial charge in [0.15, 0.2) is 11.4 Å². The summed E-state index contributed by atoms with van der Waals surface area (Å²) in [4.78, 5) is 9.91. The molecule has 1 aliphatic heterocycles. The predicted molar refractivity (Wildman–Crippen MR) is 183 cm³/mol. The monoisotopic (exact) mass is 633 g/mol. The number of carbonyl (C=O) groups is 1. The molecule has 7 atom stereocenters. The van der Waals surface area contributed by atoms with Crippen molar-refractivity contribution in [3.8, 4) is 0 Å².